The predicted molar refractivity (Wildman–Crippen MR) is 106 cm³/mol. The molecule has 156 valence electrons. The van der Waals surface area contributed by atoms with Gasteiger partial charge in [0, 0.05) is 6.07 Å². The summed E-state index contributed by atoms with van der Waals surface area (Å²) in [4.78, 5) is 24.2. The summed E-state index contributed by atoms with van der Waals surface area (Å²) < 4.78 is 42.4. The summed E-state index contributed by atoms with van der Waals surface area (Å²) in [5.41, 5.74) is 0.361. The van der Waals surface area contributed by atoms with Gasteiger partial charge in [-0.2, -0.15) is 4.72 Å². The van der Waals surface area contributed by atoms with E-state index in [9.17, 15) is 18.0 Å². The number of hydrogen-bond donors (Lipinski definition) is 2. The summed E-state index contributed by atoms with van der Waals surface area (Å²) in [5, 5.41) is 2.53. The zero-order chi connectivity index (χ0) is 21.6. The first-order valence-corrected chi connectivity index (χ1v) is 9.94. The Labute approximate surface area is 169 Å². The fraction of sp³-hybridized carbons (Fsp3) is 0.263. The Hall–Kier alpha value is -3.11. The molecule has 2 N–H and O–H groups in total. The first-order chi connectivity index (χ1) is 13.7. The van der Waals surface area contributed by atoms with E-state index in [-0.39, 0.29) is 21.9 Å². The Morgan fingerprint density at radius 1 is 0.966 bits per heavy atom. The highest BCUT2D eigenvalue weighted by atomic mass is 32.2. The van der Waals surface area contributed by atoms with Crippen LogP contribution in [0, 0.1) is 0 Å². The van der Waals surface area contributed by atoms with Crippen LogP contribution in [0.1, 0.15) is 17.3 Å². The zero-order valence-electron chi connectivity index (χ0n) is 16.4. The van der Waals surface area contributed by atoms with Gasteiger partial charge in [-0.05, 0) is 31.2 Å². The van der Waals surface area contributed by atoms with Crippen LogP contribution < -0.4 is 19.5 Å². The van der Waals surface area contributed by atoms with E-state index in [1.807, 2.05) is 0 Å². The summed E-state index contributed by atoms with van der Waals surface area (Å²) in [5.74, 6) is -0.666. The second-order valence-corrected chi connectivity index (χ2v) is 7.60. The molecule has 0 bridgehead atoms. The Bertz CT molecular complexity index is 1010. The lowest BCUT2D eigenvalue weighted by molar-refractivity contribution is -0.117. The van der Waals surface area contributed by atoms with Crippen LogP contribution in [0.2, 0.25) is 0 Å². The number of methoxy groups -OCH3 is 3. The number of carbonyl (C=O) groups excluding carboxylic acids is 2. The molecule has 0 aliphatic heterocycles. The van der Waals surface area contributed by atoms with Gasteiger partial charge in [0.25, 0.3) is 0 Å². The molecule has 0 heterocycles. The fourth-order valence-corrected chi connectivity index (χ4v) is 3.68. The van der Waals surface area contributed by atoms with Crippen LogP contribution in [0.5, 0.6) is 11.5 Å². The van der Waals surface area contributed by atoms with Gasteiger partial charge in [-0.1, -0.05) is 12.1 Å². The van der Waals surface area contributed by atoms with Crippen molar-refractivity contribution >= 4 is 27.6 Å². The topological polar surface area (TPSA) is 120 Å². The molecule has 0 unspecified atom stereocenters. The maximum Gasteiger partial charge on any atom is 0.339 e. The maximum atomic E-state index is 12.6. The van der Waals surface area contributed by atoms with E-state index in [4.69, 9.17) is 9.47 Å². The number of amides is 1. The molecule has 2 aromatic rings. The number of esters is 1. The standard InChI is InChI=1S/C19H22N2O7S/c1-12(18(22)20-15-8-6-5-7-14(15)19(23)28-4)21-29(24,25)13-9-10-16(26-2)17(11-13)27-3/h5-12,21H,1-4H3,(H,20,22)/t12-/m0/s1. The third kappa shape index (κ3) is 5.24. The number of anilines is 1. The lowest BCUT2D eigenvalue weighted by atomic mass is 10.1. The number of hydrogen-bond acceptors (Lipinski definition) is 7. The van der Waals surface area contributed by atoms with Crippen LogP contribution in [0.4, 0.5) is 5.69 Å². The Kier molecular flexibility index (Phi) is 7.18. The predicted octanol–water partition coefficient (Wildman–Crippen LogP) is 1.80. The van der Waals surface area contributed by atoms with Crippen molar-refractivity contribution in [1.29, 1.82) is 0 Å². The Morgan fingerprint density at radius 3 is 2.24 bits per heavy atom. The van der Waals surface area contributed by atoms with Crippen molar-refractivity contribution in [3.05, 3.63) is 48.0 Å². The monoisotopic (exact) mass is 422 g/mol. The molecule has 9 nitrogen and oxygen atoms in total. The molecule has 2 rings (SSSR count). The summed E-state index contributed by atoms with van der Waals surface area (Å²) in [6.07, 6.45) is 0. The lowest BCUT2D eigenvalue weighted by Gasteiger charge is -2.16. The molecule has 0 saturated carbocycles. The molecule has 2 aromatic carbocycles. The smallest absolute Gasteiger partial charge is 0.339 e. The quantitative estimate of drug-likeness (QED) is 0.622. The average Bonchev–Trinajstić information content (AvgIpc) is 2.72. The number of sulfonamides is 1. The number of para-hydroxylation sites is 1. The number of ether oxygens (including phenoxy) is 3. The van der Waals surface area contributed by atoms with Crippen LogP contribution in [0.25, 0.3) is 0 Å². The number of benzene rings is 2. The van der Waals surface area contributed by atoms with Crippen molar-refractivity contribution in [3.8, 4) is 11.5 Å². The average molecular weight is 422 g/mol. The van der Waals surface area contributed by atoms with Crippen molar-refractivity contribution in [2.24, 2.45) is 0 Å². The minimum Gasteiger partial charge on any atom is -0.493 e. The zero-order valence-corrected chi connectivity index (χ0v) is 17.2. The van der Waals surface area contributed by atoms with E-state index < -0.39 is 27.9 Å². The van der Waals surface area contributed by atoms with Gasteiger partial charge < -0.3 is 19.5 Å². The van der Waals surface area contributed by atoms with Gasteiger partial charge in [-0.25, -0.2) is 13.2 Å². The van der Waals surface area contributed by atoms with Crippen molar-refractivity contribution in [2.45, 2.75) is 17.9 Å². The second-order valence-electron chi connectivity index (χ2n) is 5.89. The summed E-state index contributed by atoms with van der Waals surface area (Å²) in [6, 6.07) is 9.19. The highest BCUT2D eigenvalue weighted by Crippen LogP contribution is 2.29. The van der Waals surface area contributed by atoms with Crippen molar-refractivity contribution < 1.29 is 32.2 Å². The minimum absolute atomic E-state index is 0.0928. The molecule has 0 aliphatic rings. The highest BCUT2D eigenvalue weighted by molar-refractivity contribution is 7.89. The molecule has 29 heavy (non-hydrogen) atoms. The summed E-state index contributed by atoms with van der Waals surface area (Å²) in [6.45, 7) is 1.38. The maximum absolute atomic E-state index is 12.6. The van der Waals surface area contributed by atoms with Gasteiger partial charge in [-0.3, -0.25) is 4.79 Å². The summed E-state index contributed by atoms with van der Waals surface area (Å²) in [7, 11) is 0.0183. The van der Waals surface area contributed by atoms with Gasteiger partial charge in [0.15, 0.2) is 11.5 Å². The van der Waals surface area contributed by atoms with E-state index in [1.54, 1.807) is 12.1 Å². The molecule has 0 radical (unpaired) electrons. The molecule has 0 saturated heterocycles. The molecular formula is C19H22N2O7S. The molecule has 10 heteroatoms. The van der Waals surface area contributed by atoms with Crippen LogP contribution in [0.15, 0.2) is 47.4 Å². The number of carbonyl (C=O) groups is 2. The van der Waals surface area contributed by atoms with Crippen LogP contribution in [-0.2, 0) is 19.6 Å². The van der Waals surface area contributed by atoms with Crippen molar-refractivity contribution in [3.63, 3.8) is 0 Å². The van der Waals surface area contributed by atoms with E-state index >= 15 is 0 Å². The first kappa shape index (κ1) is 22.2. The summed E-state index contributed by atoms with van der Waals surface area (Å²) >= 11 is 0. The van der Waals surface area contributed by atoms with Gasteiger partial charge in [0.1, 0.15) is 0 Å². The lowest BCUT2D eigenvalue weighted by Crippen LogP contribution is -2.41. The molecule has 1 atom stereocenters. The minimum atomic E-state index is -4.02. The number of rotatable bonds is 8. The third-order valence-electron chi connectivity index (χ3n) is 3.98. The number of nitrogens with one attached hydrogen (secondary N) is 2. The van der Waals surface area contributed by atoms with E-state index in [1.165, 1.54) is 58.6 Å². The van der Waals surface area contributed by atoms with E-state index in [0.717, 1.165) is 0 Å². The Balaban J connectivity index is 2.18. The molecule has 0 aliphatic carbocycles. The van der Waals surface area contributed by atoms with E-state index in [2.05, 4.69) is 14.8 Å². The van der Waals surface area contributed by atoms with Crippen LogP contribution >= 0.6 is 0 Å². The van der Waals surface area contributed by atoms with Gasteiger partial charge in [0.2, 0.25) is 15.9 Å². The molecule has 1 amide bonds. The van der Waals surface area contributed by atoms with Gasteiger partial charge >= 0.3 is 5.97 Å². The first-order valence-electron chi connectivity index (χ1n) is 8.46. The largest absolute Gasteiger partial charge is 0.493 e. The van der Waals surface area contributed by atoms with Crippen LogP contribution in [-0.4, -0.2) is 47.7 Å². The third-order valence-corrected chi connectivity index (χ3v) is 5.52. The second kappa shape index (κ2) is 9.39. The molecular weight excluding hydrogens is 400 g/mol. The normalized spacial score (nSPS) is 12.0. The molecule has 0 fully saturated rings. The molecule has 0 spiro atoms. The highest BCUT2D eigenvalue weighted by Gasteiger charge is 2.24. The molecule has 0 aromatic heterocycles. The van der Waals surface area contributed by atoms with Gasteiger partial charge in [-0.15, -0.1) is 0 Å². The fourth-order valence-electron chi connectivity index (χ4n) is 2.46. The van der Waals surface area contributed by atoms with Crippen molar-refractivity contribution in [1.82, 2.24) is 4.72 Å². The van der Waals surface area contributed by atoms with Crippen LogP contribution in [0.3, 0.4) is 0 Å². The van der Waals surface area contributed by atoms with Crippen molar-refractivity contribution in [2.75, 3.05) is 26.6 Å². The van der Waals surface area contributed by atoms with Gasteiger partial charge in [0.05, 0.1) is 43.5 Å². The van der Waals surface area contributed by atoms with E-state index in [0.29, 0.717) is 5.75 Å². The Morgan fingerprint density at radius 2 is 1.62 bits per heavy atom. The SMILES string of the molecule is COC(=O)c1ccccc1NC(=O)[C@H](C)NS(=O)(=O)c1ccc(OC)c(OC)c1.